The van der Waals surface area contributed by atoms with Gasteiger partial charge in [-0.1, -0.05) is 24.2 Å². The van der Waals surface area contributed by atoms with E-state index in [2.05, 4.69) is 16.2 Å². The molecule has 1 atom stereocenters. The van der Waals surface area contributed by atoms with Crippen LogP contribution < -0.4 is 4.74 Å². The smallest absolute Gasteiger partial charge is 0.229 e. The van der Waals surface area contributed by atoms with Crippen LogP contribution >= 0.6 is 0 Å². The lowest BCUT2D eigenvalue weighted by Gasteiger charge is -2.01. The zero-order chi connectivity index (χ0) is 13.7. The van der Waals surface area contributed by atoms with E-state index in [1.165, 1.54) is 0 Å². The minimum absolute atomic E-state index is 0.0894. The summed E-state index contributed by atoms with van der Waals surface area (Å²) in [5.41, 5.74) is 0.849. The second kappa shape index (κ2) is 6.01. The Morgan fingerprint density at radius 1 is 1.47 bits per heavy atom. The van der Waals surface area contributed by atoms with Gasteiger partial charge < -0.3 is 9.26 Å². The van der Waals surface area contributed by atoms with E-state index in [1.54, 1.807) is 7.11 Å². The molecule has 1 aromatic heterocycles. The minimum Gasteiger partial charge on any atom is -0.497 e. The van der Waals surface area contributed by atoms with Crippen molar-refractivity contribution in [1.82, 2.24) is 10.1 Å². The van der Waals surface area contributed by atoms with Gasteiger partial charge in [-0.3, -0.25) is 0 Å². The molecule has 0 saturated heterocycles. The third-order valence-electron chi connectivity index (χ3n) is 2.88. The molecule has 2 rings (SSSR count). The van der Waals surface area contributed by atoms with Gasteiger partial charge in [-0.15, -0.1) is 0 Å². The maximum atomic E-state index is 8.57. The van der Waals surface area contributed by atoms with Crippen molar-refractivity contribution in [2.45, 2.75) is 25.7 Å². The molecule has 1 heterocycles. The van der Waals surface area contributed by atoms with Crippen LogP contribution in [0.3, 0.4) is 0 Å². The predicted molar refractivity (Wildman–Crippen MR) is 69.5 cm³/mol. The van der Waals surface area contributed by atoms with Gasteiger partial charge in [0.1, 0.15) is 5.75 Å². The third-order valence-corrected chi connectivity index (χ3v) is 2.88. The normalized spacial score (nSPS) is 11.8. The molecular formula is C14H15N3O2. The fourth-order valence-corrected chi connectivity index (χ4v) is 1.72. The molecule has 5 nitrogen and oxygen atoms in total. The summed E-state index contributed by atoms with van der Waals surface area (Å²) in [5.74, 6) is 1.94. The quantitative estimate of drug-likeness (QED) is 0.822. The van der Waals surface area contributed by atoms with Gasteiger partial charge in [0, 0.05) is 17.9 Å². The van der Waals surface area contributed by atoms with Crippen LogP contribution in [0.4, 0.5) is 0 Å². The van der Waals surface area contributed by atoms with Crippen LogP contribution in [-0.4, -0.2) is 17.3 Å². The van der Waals surface area contributed by atoms with Crippen LogP contribution in [0.25, 0.3) is 11.4 Å². The summed E-state index contributed by atoms with van der Waals surface area (Å²) in [7, 11) is 1.62. The van der Waals surface area contributed by atoms with Crippen LogP contribution in [-0.2, 0) is 0 Å². The number of hydrogen-bond donors (Lipinski definition) is 0. The highest BCUT2D eigenvalue weighted by molar-refractivity contribution is 5.56. The molecule has 0 aliphatic carbocycles. The molecule has 5 heteroatoms. The lowest BCUT2D eigenvalue weighted by Crippen LogP contribution is -1.93. The average molecular weight is 257 g/mol. The topological polar surface area (TPSA) is 71.9 Å². The van der Waals surface area contributed by atoms with Gasteiger partial charge in [0.2, 0.25) is 11.7 Å². The van der Waals surface area contributed by atoms with Crippen molar-refractivity contribution in [3.8, 4) is 23.2 Å². The number of hydrogen-bond acceptors (Lipinski definition) is 5. The monoisotopic (exact) mass is 257 g/mol. The first-order valence-electron chi connectivity index (χ1n) is 6.09. The minimum atomic E-state index is 0.0894. The van der Waals surface area contributed by atoms with Crippen LogP contribution in [0.1, 0.15) is 31.6 Å². The average Bonchev–Trinajstić information content (AvgIpc) is 2.94. The number of nitriles is 1. The lowest BCUT2D eigenvalue weighted by atomic mass is 10.1. The Morgan fingerprint density at radius 2 is 2.32 bits per heavy atom. The molecule has 0 spiro atoms. The Hall–Kier alpha value is -2.35. The molecule has 0 saturated carbocycles. The lowest BCUT2D eigenvalue weighted by molar-refractivity contribution is 0.355. The highest BCUT2D eigenvalue weighted by atomic mass is 16.5. The maximum Gasteiger partial charge on any atom is 0.229 e. The molecule has 0 amide bonds. The Balaban J connectivity index is 2.18. The number of rotatable bonds is 5. The van der Waals surface area contributed by atoms with E-state index in [1.807, 2.05) is 31.2 Å². The highest BCUT2D eigenvalue weighted by Gasteiger charge is 2.15. The molecule has 0 radical (unpaired) electrons. The second-order valence-corrected chi connectivity index (χ2v) is 4.29. The van der Waals surface area contributed by atoms with Crippen LogP contribution in [0.15, 0.2) is 28.8 Å². The Kier molecular flexibility index (Phi) is 4.14. The highest BCUT2D eigenvalue weighted by Crippen LogP contribution is 2.24. The first kappa shape index (κ1) is 13.1. The Bertz CT molecular complexity index is 586. The van der Waals surface area contributed by atoms with Crippen LogP contribution in [0.5, 0.6) is 5.75 Å². The van der Waals surface area contributed by atoms with Gasteiger partial charge in [-0.25, -0.2) is 0 Å². The van der Waals surface area contributed by atoms with Crippen molar-refractivity contribution in [1.29, 1.82) is 5.26 Å². The van der Waals surface area contributed by atoms with Crippen molar-refractivity contribution < 1.29 is 9.26 Å². The summed E-state index contributed by atoms with van der Waals surface area (Å²) in [6.45, 7) is 1.97. The van der Waals surface area contributed by atoms with E-state index >= 15 is 0 Å². The van der Waals surface area contributed by atoms with Gasteiger partial charge in [0.15, 0.2) is 0 Å². The molecule has 19 heavy (non-hydrogen) atoms. The van der Waals surface area contributed by atoms with E-state index in [0.29, 0.717) is 18.1 Å². The van der Waals surface area contributed by atoms with Gasteiger partial charge in [-0.05, 0) is 18.6 Å². The summed E-state index contributed by atoms with van der Waals surface area (Å²) < 4.78 is 10.4. The van der Waals surface area contributed by atoms with E-state index in [-0.39, 0.29) is 5.92 Å². The molecule has 1 aromatic carbocycles. The van der Waals surface area contributed by atoms with Crippen molar-refractivity contribution in [2.75, 3.05) is 7.11 Å². The number of ether oxygens (including phenoxy) is 1. The van der Waals surface area contributed by atoms with Crippen molar-refractivity contribution >= 4 is 0 Å². The fraction of sp³-hybridized carbons (Fsp3) is 0.357. The molecule has 0 aliphatic heterocycles. The van der Waals surface area contributed by atoms with E-state index in [9.17, 15) is 0 Å². The number of methoxy groups -OCH3 is 1. The molecule has 1 unspecified atom stereocenters. The zero-order valence-electron chi connectivity index (χ0n) is 11.0. The standard InChI is InChI=1S/C14H15N3O2/c1-10(5-4-8-15)14-16-13(17-19-14)11-6-3-7-12(9-11)18-2/h3,6-7,9-10H,4-5H2,1-2H3. The van der Waals surface area contributed by atoms with Crippen LogP contribution in [0.2, 0.25) is 0 Å². The Labute approximate surface area is 111 Å². The second-order valence-electron chi connectivity index (χ2n) is 4.29. The summed E-state index contributed by atoms with van der Waals surface area (Å²) in [5, 5.41) is 12.5. The number of aromatic nitrogens is 2. The van der Waals surface area contributed by atoms with Crippen LogP contribution in [0, 0.1) is 11.3 Å². The van der Waals surface area contributed by atoms with Crippen molar-refractivity contribution in [3.63, 3.8) is 0 Å². The summed E-state index contributed by atoms with van der Waals surface area (Å²) >= 11 is 0. The summed E-state index contributed by atoms with van der Waals surface area (Å²) in [6, 6.07) is 9.61. The molecule has 0 N–H and O–H groups in total. The van der Waals surface area contributed by atoms with Gasteiger partial charge in [0.05, 0.1) is 13.2 Å². The van der Waals surface area contributed by atoms with Gasteiger partial charge >= 0.3 is 0 Å². The van der Waals surface area contributed by atoms with Crippen molar-refractivity contribution in [2.24, 2.45) is 0 Å². The Morgan fingerprint density at radius 3 is 3.05 bits per heavy atom. The van der Waals surface area contributed by atoms with E-state index < -0.39 is 0 Å². The molecule has 0 fully saturated rings. The molecular weight excluding hydrogens is 242 g/mol. The predicted octanol–water partition coefficient (Wildman–Crippen LogP) is 3.15. The fourth-order valence-electron chi connectivity index (χ4n) is 1.72. The first-order chi connectivity index (χ1) is 9.24. The molecule has 2 aromatic rings. The molecule has 0 aliphatic rings. The number of benzene rings is 1. The first-order valence-corrected chi connectivity index (χ1v) is 6.09. The third kappa shape index (κ3) is 3.10. The largest absolute Gasteiger partial charge is 0.497 e. The van der Waals surface area contributed by atoms with E-state index in [0.717, 1.165) is 17.7 Å². The van der Waals surface area contributed by atoms with Gasteiger partial charge in [-0.2, -0.15) is 10.2 Å². The zero-order valence-corrected chi connectivity index (χ0v) is 11.0. The molecule has 98 valence electrons. The number of nitrogens with zero attached hydrogens (tertiary/aromatic N) is 3. The summed E-state index contributed by atoms with van der Waals surface area (Å²) in [6.07, 6.45) is 1.20. The van der Waals surface area contributed by atoms with E-state index in [4.69, 9.17) is 14.5 Å². The van der Waals surface area contributed by atoms with Gasteiger partial charge in [0.25, 0.3) is 0 Å². The maximum absolute atomic E-state index is 8.57. The summed E-state index contributed by atoms with van der Waals surface area (Å²) in [4.78, 5) is 4.37. The van der Waals surface area contributed by atoms with Crippen molar-refractivity contribution in [3.05, 3.63) is 30.2 Å². The molecule has 0 bridgehead atoms. The SMILES string of the molecule is COc1cccc(-c2noc(C(C)CCC#N)n2)c1.